The van der Waals surface area contributed by atoms with Gasteiger partial charge in [-0.1, -0.05) is 6.58 Å². The van der Waals surface area contributed by atoms with Crippen molar-refractivity contribution in [2.24, 2.45) is 5.73 Å². The zero-order chi connectivity index (χ0) is 25.9. The van der Waals surface area contributed by atoms with Crippen LogP contribution in [-0.4, -0.2) is 66.6 Å². The molecule has 2 fully saturated rings. The molecule has 13 heteroatoms. The average molecular weight is 505 g/mol. The zero-order valence-electron chi connectivity index (χ0n) is 20.4. The van der Waals surface area contributed by atoms with Crippen molar-refractivity contribution in [3.63, 3.8) is 0 Å². The number of amides is 2. The number of anilines is 4. The fourth-order valence-corrected chi connectivity index (χ4v) is 4.39. The second-order valence-corrected chi connectivity index (χ2v) is 8.98. The normalized spacial score (nSPS) is 17.2. The minimum Gasteiger partial charge on any atom is -0.479 e. The van der Waals surface area contributed by atoms with Gasteiger partial charge in [-0.3, -0.25) is 14.3 Å². The molecule has 2 aliphatic rings. The average Bonchev–Trinajstić information content (AvgIpc) is 3.66. The van der Waals surface area contributed by atoms with E-state index in [2.05, 4.69) is 42.2 Å². The third-order valence-corrected chi connectivity index (χ3v) is 6.41. The highest BCUT2D eigenvalue weighted by Gasteiger charge is 2.30. The fourth-order valence-electron chi connectivity index (χ4n) is 4.39. The number of primary amides is 1. The molecule has 0 unspecified atom stereocenters. The Morgan fingerprint density at radius 1 is 1.19 bits per heavy atom. The van der Waals surface area contributed by atoms with Crippen LogP contribution in [0, 0.1) is 0 Å². The summed E-state index contributed by atoms with van der Waals surface area (Å²) in [4.78, 5) is 43.3. The summed E-state index contributed by atoms with van der Waals surface area (Å²) in [5.41, 5.74) is 7.71. The molecule has 1 aliphatic heterocycles. The first kappa shape index (κ1) is 24.2. The maximum atomic E-state index is 12.1. The van der Waals surface area contributed by atoms with Crippen molar-refractivity contribution in [1.29, 1.82) is 0 Å². The molecule has 0 aromatic carbocycles. The van der Waals surface area contributed by atoms with Gasteiger partial charge >= 0.3 is 0 Å². The van der Waals surface area contributed by atoms with Crippen LogP contribution in [0.25, 0.3) is 0 Å². The molecule has 1 atom stereocenters. The number of ether oxygens (including phenoxy) is 1. The molecule has 1 saturated heterocycles. The van der Waals surface area contributed by atoms with Crippen molar-refractivity contribution in [2.45, 2.75) is 37.6 Å². The number of carbonyl (C=O) groups excluding carboxylic acids is 2. The fraction of sp³-hybridized carbons (Fsp3) is 0.375. The Bertz CT molecular complexity index is 1340. The molecule has 13 nitrogen and oxygen atoms in total. The maximum absolute atomic E-state index is 12.1. The van der Waals surface area contributed by atoms with E-state index < -0.39 is 5.91 Å². The molecule has 1 saturated carbocycles. The van der Waals surface area contributed by atoms with Crippen LogP contribution in [-0.2, 0) is 4.79 Å². The first-order valence-corrected chi connectivity index (χ1v) is 12.0. The van der Waals surface area contributed by atoms with E-state index in [1.165, 1.54) is 25.7 Å². The Morgan fingerprint density at radius 2 is 2.03 bits per heavy atom. The van der Waals surface area contributed by atoms with Crippen molar-refractivity contribution in [3.05, 3.63) is 48.8 Å². The Hall–Kier alpha value is -4.55. The summed E-state index contributed by atoms with van der Waals surface area (Å²) in [7, 11) is 1.52. The molecule has 3 aromatic heterocycles. The molecule has 3 aromatic rings. The molecular formula is C24H28N10O3. The Balaban J connectivity index is 1.38. The van der Waals surface area contributed by atoms with Crippen molar-refractivity contribution in [2.75, 3.05) is 30.8 Å². The second kappa shape index (κ2) is 10.2. The number of likely N-dealkylation sites (tertiary alicyclic amines) is 1. The highest BCUT2D eigenvalue weighted by Crippen LogP contribution is 2.45. The van der Waals surface area contributed by atoms with E-state index in [0.29, 0.717) is 36.3 Å². The first-order valence-electron chi connectivity index (χ1n) is 12.0. The van der Waals surface area contributed by atoms with Gasteiger partial charge in [0.2, 0.25) is 17.7 Å². The van der Waals surface area contributed by atoms with Crippen LogP contribution in [0.15, 0.2) is 37.6 Å². The van der Waals surface area contributed by atoms with Gasteiger partial charge in [0.15, 0.2) is 0 Å². The molecule has 5 rings (SSSR count). The minimum absolute atomic E-state index is 0.0509. The SMILES string of the molecule is C=CC(=O)N1CCC[C@@H](n2cc(Nc3ncc(C(N)=O)c(Nc4c(OC)ncnc4C4CC4)n3)cn2)C1. The number of piperidine rings is 1. The molecule has 4 N–H and O–H groups in total. The number of nitrogens with one attached hydrogen (secondary N) is 2. The number of hydrogen-bond acceptors (Lipinski definition) is 10. The van der Waals surface area contributed by atoms with Gasteiger partial charge in [-0.2, -0.15) is 15.1 Å². The number of nitrogens with two attached hydrogens (primary N) is 1. The van der Waals surface area contributed by atoms with Crippen molar-refractivity contribution < 1.29 is 14.3 Å². The number of rotatable bonds is 9. The Kier molecular flexibility index (Phi) is 6.66. The van der Waals surface area contributed by atoms with E-state index in [4.69, 9.17) is 10.5 Å². The molecule has 0 radical (unpaired) electrons. The summed E-state index contributed by atoms with van der Waals surface area (Å²) in [6.07, 6.45) is 11.5. The lowest BCUT2D eigenvalue weighted by Gasteiger charge is -2.32. The van der Waals surface area contributed by atoms with E-state index >= 15 is 0 Å². The third-order valence-electron chi connectivity index (χ3n) is 6.41. The van der Waals surface area contributed by atoms with Gasteiger partial charge < -0.3 is 26.0 Å². The number of carbonyl (C=O) groups is 2. The van der Waals surface area contributed by atoms with E-state index in [-0.39, 0.29) is 29.3 Å². The van der Waals surface area contributed by atoms with Crippen LogP contribution >= 0.6 is 0 Å². The first-order chi connectivity index (χ1) is 18.0. The smallest absolute Gasteiger partial charge is 0.254 e. The van der Waals surface area contributed by atoms with Crippen LogP contribution in [0.3, 0.4) is 0 Å². The quantitative estimate of drug-likeness (QED) is 0.368. The minimum atomic E-state index is -0.679. The summed E-state index contributed by atoms with van der Waals surface area (Å²) >= 11 is 0. The van der Waals surface area contributed by atoms with Crippen LogP contribution < -0.4 is 21.1 Å². The van der Waals surface area contributed by atoms with Crippen LogP contribution in [0.1, 0.15) is 53.7 Å². The second-order valence-electron chi connectivity index (χ2n) is 8.98. The molecule has 4 heterocycles. The van der Waals surface area contributed by atoms with Crippen molar-refractivity contribution in [3.8, 4) is 5.88 Å². The Morgan fingerprint density at radius 3 is 2.76 bits per heavy atom. The lowest BCUT2D eigenvalue weighted by Crippen LogP contribution is -2.39. The van der Waals surface area contributed by atoms with Crippen molar-refractivity contribution in [1.82, 2.24) is 34.6 Å². The molecule has 37 heavy (non-hydrogen) atoms. The lowest BCUT2D eigenvalue weighted by molar-refractivity contribution is -0.127. The van der Waals surface area contributed by atoms with Gasteiger partial charge in [0.25, 0.3) is 5.91 Å². The molecule has 0 spiro atoms. The van der Waals surface area contributed by atoms with E-state index in [0.717, 1.165) is 31.4 Å². The van der Waals surface area contributed by atoms with Crippen LogP contribution in [0.2, 0.25) is 0 Å². The number of aromatic nitrogens is 6. The highest BCUT2D eigenvalue weighted by atomic mass is 16.5. The van der Waals surface area contributed by atoms with E-state index in [1.54, 1.807) is 11.1 Å². The van der Waals surface area contributed by atoms with Gasteiger partial charge in [-0.15, -0.1) is 0 Å². The number of methoxy groups -OCH3 is 1. The standard InChI is InChI=1S/C24H28N10O3/c1-3-18(35)33-8-4-5-16(12-33)34-11-15(9-29-34)30-24-26-10-17(21(25)36)22(32-24)31-20-19(14-6-7-14)27-13-28-23(20)37-2/h3,9-11,13-14,16H,1,4-8,12H2,2H3,(H2,25,36)(H2,26,30,31,32)/t16-/m1/s1. The summed E-state index contributed by atoms with van der Waals surface area (Å²) in [6.45, 7) is 4.85. The largest absolute Gasteiger partial charge is 0.479 e. The van der Waals surface area contributed by atoms with Gasteiger partial charge in [0.1, 0.15) is 23.4 Å². The van der Waals surface area contributed by atoms with Crippen LogP contribution in [0.5, 0.6) is 5.88 Å². The Labute approximate surface area is 213 Å². The molecule has 0 bridgehead atoms. The van der Waals surface area contributed by atoms with Crippen molar-refractivity contribution >= 4 is 35.0 Å². The molecule has 1 aliphatic carbocycles. The van der Waals surface area contributed by atoms with Gasteiger partial charge in [-0.25, -0.2) is 9.97 Å². The summed E-state index contributed by atoms with van der Waals surface area (Å²) in [5, 5.41) is 10.7. The highest BCUT2D eigenvalue weighted by molar-refractivity contribution is 5.98. The monoisotopic (exact) mass is 504 g/mol. The zero-order valence-corrected chi connectivity index (χ0v) is 20.4. The molecule has 192 valence electrons. The van der Waals surface area contributed by atoms with Gasteiger partial charge in [-0.05, 0) is 31.8 Å². The summed E-state index contributed by atoms with van der Waals surface area (Å²) in [5.74, 6) is 0.323. The maximum Gasteiger partial charge on any atom is 0.254 e. The summed E-state index contributed by atoms with van der Waals surface area (Å²) in [6, 6.07) is 0.0509. The van der Waals surface area contributed by atoms with E-state index in [9.17, 15) is 9.59 Å². The number of nitrogens with zero attached hydrogens (tertiary/aromatic N) is 7. The van der Waals surface area contributed by atoms with Crippen LogP contribution in [0.4, 0.5) is 23.1 Å². The number of hydrogen-bond donors (Lipinski definition) is 3. The molecular weight excluding hydrogens is 476 g/mol. The summed E-state index contributed by atoms with van der Waals surface area (Å²) < 4.78 is 7.25. The van der Waals surface area contributed by atoms with Gasteiger partial charge in [0.05, 0.1) is 30.7 Å². The van der Waals surface area contributed by atoms with Gasteiger partial charge in [0, 0.05) is 31.4 Å². The molecule has 2 amide bonds. The lowest BCUT2D eigenvalue weighted by atomic mass is 10.1. The predicted molar refractivity (Wildman–Crippen MR) is 135 cm³/mol. The third kappa shape index (κ3) is 5.20. The van der Waals surface area contributed by atoms with E-state index in [1.807, 2.05) is 10.9 Å². The predicted octanol–water partition coefficient (Wildman–Crippen LogP) is 2.28. The topological polar surface area (TPSA) is 166 Å².